The first-order valence-corrected chi connectivity index (χ1v) is 8.59. The highest BCUT2D eigenvalue weighted by Crippen LogP contribution is 2.28. The van der Waals surface area contributed by atoms with E-state index in [4.69, 9.17) is 4.74 Å². The van der Waals surface area contributed by atoms with Crippen LogP contribution < -0.4 is 0 Å². The third-order valence-electron chi connectivity index (χ3n) is 4.73. The summed E-state index contributed by atoms with van der Waals surface area (Å²) >= 11 is 0. The molecule has 0 unspecified atom stereocenters. The van der Waals surface area contributed by atoms with Gasteiger partial charge in [0.2, 0.25) is 5.91 Å². The second kappa shape index (κ2) is 8.60. The summed E-state index contributed by atoms with van der Waals surface area (Å²) in [5, 5.41) is 9.88. The van der Waals surface area contributed by atoms with Crippen molar-refractivity contribution in [1.29, 1.82) is 0 Å². The van der Waals surface area contributed by atoms with Crippen LogP contribution in [0.5, 0.6) is 0 Å². The summed E-state index contributed by atoms with van der Waals surface area (Å²) in [6.07, 6.45) is 1.27. The minimum absolute atomic E-state index is 0.0589. The van der Waals surface area contributed by atoms with Gasteiger partial charge >= 0.3 is 0 Å². The Kier molecular flexibility index (Phi) is 6.78. The van der Waals surface area contributed by atoms with Crippen LogP contribution in [0, 0.1) is 5.92 Å². The molecule has 1 amide bonds. The minimum Gasteiger partial charge on any atom is -0.390 e. The van der Waals surface area contributed by atoms with Gasteiger partial charge in [0.05, 0.1) is 12.2 Å². The first-order valence-electron chi connectivity index (χ1n) is 8.59. The zero-order valence-corrected chi connectivity index (χ0v) is 15.2. The van der Waals surface area contributed by atoms with Gasteiger partial charge < -0.3 is 19.6 Å². The Balaban J connectivity index is 1.91. The Morgan fingerprint density at radius 3 is 2.25 bits per heavy atom. The highest BCUT2D eigenvalue weighted by molar-refractivity contribution is 5.78. The van der Waals surface area contributed by atoms with Crippen molar-refractivity contribution < 1.29 is 14.6 Å². The summed E-state index contributed by atoms with van der Waals surface area (Å²) in [4.78, 5) is 16.6. The molecular weight excluding hydrogens is 304 g/mol. The topological polar surface area (TPSA) is 53.0 Å². The number of ether oxygens (including phenoxy) is 1. The maximum Gasteiger partial charge on any atom is 0.225 e. The second-order valence-corrected chi connectivity index (χ2v) is 7.10. The zero-order valence-electron chi connectivity index (χ0n) is 15.2. The maximum absolute atomic E-state index is 12.7. The van der Waals surface area contributed by atoms with E-state index < -0.39 is 6.10 Å². The molecule has 0 spiro atoms. The lowest BCUT2D eigenvalue weighted by Gasteiger charge is -2.33. The molecule has 0 aliphatic heterocycles. The summed E-state index contributed by atoms with van der Waals surface area (Å²) in [5.41, 5.74) is 2.40. The summed E-state index contributed by atoms with van der Waals surface area (Å²) in [6.45, 7) is 1.52. The molecule has 1 N–H and O–H groups in total. The average molecular weight is 334 g/mol. The van der Waals surface area contributed by atoms with E-state index in [0.717, 1.165) is 18.5 Å². The molecule has 1 aliphatic rings. The number of aliphatic hydroxyl groups excluding tert-OH is 1. The first kappa shape index (κ1) is 18.9. The second-order valence-electron chi connectivity index (χ2n) is 7.10. The molecule has 0 bridgehead atoms. The average Bonchev–Trinajstić information content (AvgIpc) is 2.56. The fourth-order valence-electron chi connectivity index (χ4n) is 3.37. The van der Waals surface area contributed by atoms with Gasteiger partial charge in [-0.25, -0.2) is 0 Å². The predicted molar refractivity (Wildman–Crippen MR) is 94.5 cm³/mol. The van der Waals surface area contributed by atoms with Crippen LogP contribution in [-0.4, -0.2) is 61.3 Å². The van der Waals surface area contributed by atoms with Crippen molar-refractivity contribution in [3.63, 3.8) is 0 Å². The van der Waals surface area contributed by atoms with Crippen molar-refractivity contribution in [2.24, 2.45) is 5.92 Å². The fourth-order valence-corrected chi connectivity index (χ4v) is 3.37. The monoisotopic (exact) mass is 334 g/mol. The summed E-state index contributed by atoms with van der Waals surface area (Å²) in [5.74, 6) is 0.0812. The quantitative estimate of drug-likeness (QED) is 0.863. The molecule has 24 heavy (non-hydrogen) atoms. The van der Waals surface area contributed by atoms with Crippen LogP contribution in [0.25, 0.3) is 0 Å². The van der Waals surface area contributed by atoms with Crippen LogP contribution in [0.15, 0.2) is 24.3 Å². The standard InChI is InChI=1S/C19H30N2O3/c1-20(2)12-14-5-7-15(8-6-14)13-21(3)19(23)16-9-10-17(22)18(11-16)24-4/h5-8,16-18,22H,9-13H2,1-4H3/t16-,17+,18-/m1/s1. The van der Waals surface area contributed by atoms with Gasteiger partial charge in [0, 0.05) is 33.2 Å². The van der Waals surface area contributed by atoms with Gasteiger partial charge in [0.25, 0.3) is 0 Å². The fraction of sp³-hybridized carbons (Fsp3) is 0.632. The van der Waals surface area contributed by atoms with Crippen molar-refractivity contribution in [2.75, 3.05) is 28.3 Å². The number of aliphatic hydroxyl groups is 1. The molecule has 5 nitrogen and oxygen atoms in total. The van der Waals surface area contributed by atoms with Crippen LogP contribution in [0.2, 0.25) is 0 Å². The number of carbonyl (C=O) groups excluding carboxylic acids is 1. The van der Waals surface area contributed by atoms with Gasteiger partial charge in [0.15, 0.2) is 0 Å². The lowest BCUT2D eigenvalue weighted by Crippen LogP contribution is -2.41. The highest BCUT2D eigenvalue weighted by Gasteiger charge is 2.34. The number of nitrogens with zero attached hydrogens (tertiary/aromatic N) is 2. The molecule has 0 heterocycles. The molecule has 1 aromatic carbocycles. The van der Waals surface area contributed by atoms with E-state index in [1.807, 2.05) is 7.05 Å². The molecule has 5 heteroatoms. The molecule has 1 fully saturated rings. The molecule has 134 valence electrons. The smallest absolute Gasteiger partial charge is 0.225 e. The van der Waals surface area contributed by atoms with Gasteiger partial charge in [-0.1, -0.05) is 24.3 Å². The Hall–Kier alpha value is -1.43. The number of carbonyl (C=O) groups is 1. The third kappa shape index (κ3) is 5.03. The molecule has 1 aromatic rings. The van der Waals surface area contributed by atoms with Crippen molar-refractivity contribution in [3.8, 4) is 0 Å². The zero-order chi connectivity index (χ0) is 17.7. The van der Waals surface area contributed by atoms with E-state index in [-0.39, 0.29) is 17.9 Å². The van der Waals surface area contributed by atoms with E-state index >= 15 is 0 Å². The van der Waals surface area contributed by atoms with Crippen LogP contribution in [0.3, 0.4) is 0 Å². The first-order chi connectivity index (χ1) is 11.4. The van der Waals surface area contributed by atoms with Gasteiger partial charge in [-0.3, -0.25) is 4.79 Å². The lowest BCUT2D eigenvalue weighted by molar-refractivity contribution is -0.140. The third-order valence-corrected chi connectivity index (χ3v) is 4.73. The van der Waals surface area contributed by atoms with Gasteiger partial charge in [-0.2, -0.15) is 0 Å². The van der Waals surface area contributed by atoms with Crippen LogP contribution >= 0.6 is 0 Å². The molecule has 3 atom stereocenters. The van der Waals surface area contributed by atoms with E-state index in [1.54, 1.807) is 12.0 Å². The Labute approximate surface area is 145 Å². The number of rotatable bonds is 6. The summed E-state index contributed by atoms with van der Waals surface area (Å²) in [7, 11) is 7.55. The number of hydrogen-bond acceptors (Lipinski definition) is 4. The molecule has 0 saturated heterocycles. The lowest BCUT2D eigenvalue weighted by atomic mass is 9.84. The number of methoxy groups -OCH3 is 1. The molecule has 2 rings (SSSR count). The molecular formula is C19H30N2O3. The van der Waals surface area contributed by atoms with Crippen LogP contribution in [-0.2, 0) is 22.6 Å². The van der Waals surface area contributed by atoms with E-state index in [9.17, 15) is 9.90 Å². The van der Waals surface area contributed by atoms with Gasteiger partial charge in [0.1, 0.15) is 0 Å². The Morgan fingerprint density at radius 2 is 1.71 bits per heavy atom. The predicted octanol–water partition coefficient (Wildman–Crippen LogP) is 1.88. The summed E-state index contributed by atoms with van der Waals surface area (Å²) < 4.78 is 5.30. The molecule has 0 radical (unpaired) electrons. The normalized spacial score (nSPS) is 24.2. The van der Waals surface area contributed by atoms with E-state index in [1.165, 1.54) is 5.56 Å². The maximum atomic E-state index is 12.7. The number of benzene rings is 1. The van der Waals surface area contributed by atoms with Crippen molar-refractivity contribution in [1.82, 2.24) is 9.80 Å². The van der Waals surface area contributed by atoms with E-state index in [2.05, 4.69) is 43.3 Å². The number of hydrogen-bond donors (Lipinski definition) is 1. The SMILES string of the molecule is CO[C@@H]1C[C@H](C(=O)N(C)Cc2ccc(CN(C)C)cc2)CC[C@@H]1O. The van der Waals surface area contributed by atoms with Gasteiger partial charge in [-0.05, 0) is 44.5 Å². The van der Waals surface area contributed by atoms with Crippen molar-refractivity contribution in [2.45, 2.75) is 44.6 Å². The Morgan fingerprint density at radius 1 is 1.12 bits per heavy atom. The summed E-state index contributed by atoms with van der Waals surface area (Å²) in [6, 6.07) is 8.41. The van der Waals surface area contributed by atoms with Crippen molar-refractivity contribution >= 4 is 5.91 Å². The highest BCUT2D eigenvalue weighted by atomic mass is 16.5. The van der Waals surface area contributed by atoms with Crippen LogP contribution in [0.4, 0.5) is 0 Å². The number of amides is 1. The molecule has 0 aromatic heterocycles. The minimum atomic E-state index is -0.450. The molecule has 1 aliphatic carbocycles. The Bertz CT molecular complexity index is 530. The van der Waals surface area contributed by atoms with Crippen molar-refractivity contribution in [3.05, 3.63) is 35.4 Å². The van der Waals surface area contributed by atoms with Gasteiger partial charge in [-0.15, -0.1) is 0 Å². The molecule has 1 saturated carbocycles. The van der Waals surface area contributed by atoms with E-state index in [0.29, 0.717) is 19.4 Å². The largest absolute Gasteiger partial charge is 0.390 e. The van der Waals surface area contributed by atoms with Crippen LogP contribution in [0.1, 0.15) is 30.4 Å².